The smallest absolute Gasteiger partial charge is 0.223 e. The normalized spacial score (nSPS) is 30.5. The van der Waals surface area contributed by atoms with E-state index in [-0.39, 0.29) is 5.91 Å². The zero-order valence-electron chi connectivity index (χ0n) is 10.1. The Balaban J connectivity index is 1.54. The number of nitrogens with one attached hydrogen (secondary N) is 1. The number of hydrogen-bond donors (Lipinski definition) is 1. The highest BCUT2D eigenvalue weighted by molar-refractivity contribution is 5.79. The molecule has 1 amide bonds. The number of amides is 1. The lowest BCUT2D eigenvalue weighted by Gasteiger charge is -2.20. The van der Waals surface area contributed by atoms with Gasteiger partial charge in [-0.05, 0) is 36.7 Å². The van der Waals surface area contributed by atoms with Gasteiger partial charge in [0.2, 0.25) is 5.91 Å². The second-order valence-corrected chi connectivity index (χ2v) is 5.48. The average molecular weight is 229 g/mol. The van der Waals surface area contributed by atoms with Gasteiger partial charge in [0.1, 0.15) is 0 Å². The van der Waals surface area contributed by atoms with Crippen LogP contribution in [0.5, 0.6) is 0 Å². The third kappa shape index (κ3) is 2.21. The largest absolute Gasteiger partial charge is 0.352 e. The molecule has 2 aliphatic rings. The first-order chi connectivity index (χ1) is 8.33. The Morgan fingerprint density at radius 1 is 1.18 bits per heavy atom. The second kappa shape index (κ2) is 4.52. The van der Waals surface area contributed by atoms with Crippen LogP contribution in [-0.4, -0.2) is 5.91 Å². The highest BCUT2D eigenvalue weighted by Crippen LogP contribution is 2.48. The maximum atomic E-state index is 12.1. The van der Waals surface area contributed by atoms with Crippen LogP contribution in [-0.2, 0) is 11.3 Å². The lowest BCUT2D eigenvalue weighted by Crippen LogP contribution is -2.33. The summed E-state index contributed by atoms with van der Waals surface area (Å²) in [5.41, 5.74) is 1.18. The number of benzene rings is 1. The van der Waals surface area contributed by atoms with Crippen LogP contribution < -0.4 is 5.32 Å². The summed E-state index contributed by atoms with van der Waals surface area (Å²) in [6.45, 7) is 0.674. The van der Waals surface area contributed by atoms with Gasteiger partial charge in [0, 0.05) is 12.5 Å². The van der Waals surface area contributed by atoms with Crippen LogP contribution in [0.2, 0.25) is 0 Å². The van der Waals surface area contributed by atoms with Crippen LogP contribution in [0.25, 0.3) is 0 Å². The summed E-state index contributed by atoms with van der Waals surface area (Å²) in [6, 6.07) is 10.1. The molecular weight excluding hydrogens is 210 g/mol. The van der Waals surface area contributed by atoms with E-state index < -0.39 is 0 Å². The van der Waals surface area contributed by atoms with E-state index in [0.29, 0.717) is 18.4 Å². The first kappa shape index (κ1) is 10.8. The molecule has 0 saturated heterocycles. The molecule has 0 aliphatic heterocycles. The summed E-state index contributed by atoms with van der Waals surface area (Å²) in [4.78, 5) is 12.1. The summed E-state index contributed by atoms with van der Waals surface area (Å²) in [5.74, 6) is 2.10. The number of carbonyl (C=O) groups is 1. The maximum absolute atomic E-state index is 12.1. The van der Waals surface area contributed by atoms with Gasteiger partial charge in [-0.15, -0.1) is 0 Å². The summed E-state index contributed by atoms with van der Waals surface area (Å²) in [7, 11) is 0. The predicted molar refractivity (Wildman–Crippen MR) is 67.2 cm³/mol. The van der Waals surface area contributed by atoms with Gasteiger partial charge in [-0.25, -0.2) is 0 Å². The Kier molecular flexibility index (Phi) is 2.87. The number of fused-ring (bicyclic) bond motifs is 2. The van der Waals surface area contributed by atoms with Crippen LogP contribution >= 0.6 is 0 Å². The molecule has 0 radical (unpaired) electrons. The molecule has 2 aliphatic carbocycles. The molecule has 2 fully saturated rings. The van der Waals surface area contributed by atoms with E-state index in [1.54, 1.807) is 0 Å². The molecule has 2 saturated carbocycles. The predicted octanol–water partition coefficient (Wildman–Crippen LogP) is 2.74. The molecule has 3 rings (SSSR count). The van der Waals surface area contributed by atoms with Gasteiger partial charge in [-0.2, -0.15) is 0 Å². The lowest BCUT2D eigenvalue weighted by atomic mass is 9.88. The van der Waals surface area contributed by atoms with Crippen molar-refractivity contribution in [1.82, 2.24) is 5.32 Å². The van der Waals surface area contributed by atoms with Crippen molar-refractivity contribution in [1.29, 1.82) is 0 Å². The summed E-state index contributed by atoms with van der Waals surface area (Å²) in [6.07, 6.45) is 5.05. The number of rotatable bonds is 3. The Morgan fingerprint density at radius 3 is 2.65 bits per heavy atom. The van der Waals surface area contributed by atoms with Gasteiger partial charge in [0.25, 0.3) is 0 Å². The first-order valence-electron chi connectivity index (χ1n) is 6.64. The molecule has 90 valence electrons. The molecule has 1 aromatic carbocycles. The van der Waals surface area contributed by atoms with E-state index in [1.807, 2.05) is 18.2 Å². The third-order valence-electron chi connectivity index (χ3n) is 4.38. The molecule has 3 atom stereocenters. The zero-order valence-corrected chi connectivity index (χ0v) is 10.1. The van der Waals surface area contributed by atoms with E-state index in [9.17, 15) is 4.79 Å². The van der Waals surface area contributed by atoms with Crippen molar-refractivity contribution in [2.24, 2.45) is 17.8 Å². The minimum Gasteiger partial charge on any atom is -0.352 e. The van der Waals surface area contributed by atoms with Gasteiger partial charge in [-0.3, -0.25) is 4.79 Å². The number of carbonyl (C=O) groups excluding carboxylic acids is 1. The Hall–Kier alpha value is -1.31. The van der Waals surface area contributed by atoms with E-state index in [1.165, 1.54) is 24.8 Å². The Labute approximate surface area is 102 Å². The fraction of sp³-hybridized carbons (Fsp3) is 0.533. The van der Waals surface area contributed by atoms with Crippen LogP contribution in [0.4, 0.5) is 0 Å². The summed E-state index contributed by atoms with van der Waals surface area (Å²) in [5, 5.41) is 3.09. The highest BCUT2D eigenvalue weighted by atomic mass is 16.1. The topological polar surface area (TPSA) is 29.1 Å². The highest BCUT2D eigenvalue weighted by Gasteiger charge is 2.42. The molecule has 17 heavy (non-hydrogen) atoms. The summed E-state index contributed by atoms with van der Waals surface area (Å²) >= 11 is 0. The van der Waals surface area contributed by atoms with Crippen molar-refractivity contribution < 1.29 is 4.79 Å². The molecule has 0 heterocycles. The Bertz CT molecular complexity index is 401. The van der Waals surface area contributed by atoms with Gasteiger partial charge in [-0.1, -0.05) is 36.8 Å². The minimum absolute atomic E-state index is 0.279. The van der Waals surface area contributed by atoms with E-state index in [0.717, 1.165) is 12.3 Å². The minimum atomic E-state index is 0.279. The molecule has 0 spiro atoms. The molecule has 1 N–H and O–H groups in total. The van der Waals surface area contributed by atoms with Crippen LogP contribution in [0.15, 0.2) is 30.3 Å². The van der Waals surface area contributed by atoms with Gasteiger partial charge >= 0.3 is 0 Å². The second-order valence-electron chi connectivity index (χ2n) is 5.48. The van der Waals surface area contributed by atoms with E-state index in [2.05, 4.69) is 17.4 Å². The van der Waals surface area contributed by atoms with Gasteiger partial charge in [0.15, 0.2) is 0 Å². The standard InChI is InChI=1S/C15H19NO/c17-15(14-9-12-6-7-13(14)8-12)16-10-11-4-2-1-3-5-11/h1-5,12-14H,6-10H2,(H,16,17)/t12-,13-,14+/m1/s1. The van der Waals surface area contributed by atoms with E-state index in [4.69, 9.17) is 0 Å². The third-order valence-corrected chi connectivity index (χ3v) is 4.38. The lowest BCUT2D eigenvalue weighted by molar-refractivity contribution is -0.126. The van der Waals surface area contributed by atoms with Crippen molar-refractivity contribution in [2.75, 3.05) is 0 Å². The fourth-order valence-corrected chi connectivity index (χ4v) is 3.48. The van der Waals surface area contributed by atoms with Crippen LogP contribution in [0.3, 0.4) is 0 Å². The molecule has 2 heteroatoms. The van der Waals surface area contributed by atoms with Crippen molar-refractivity contribution in [3.63, 3.8) is 0 Å². The first-order valence-corrected chi connectivity index (χ1v) is 6.64. The quantitative estimate of drug-likeness (QED) is 0.848. The zero-order chi connectivity index (χ0) is 11.7. The van der Waals surface area contributed by atoms with Crippen molar-refractivity contribution >= 4 is 5.91 Å². The molecule has 1 aromatic rings. The summed E-state index contributed by atoms with van der Waals surface area (Å²) < 4.78 is 0. The molecule has 0 aromatic heterocycles. The van der Waals surface area contributed by atoms with E-state index >= 15 is 0 Å². The van der Waals surface area contributed by atoms with Crippen LogP contribution in [0.1, 0.15) is 31.2 Å². The molecule has 0 unspecified atom stereocenters. The SMILES string of the molecule is O=C(NCc1ccccc1)[C@H]1C[C@@H]2CC[C@@H]1C2. The maximum Gasteiger partial charge on any atom is 0.223 e. The average Bonchev–Trinajstić information content (AvgIpc) is 2.99. The van der Waals surface area contributed by atoms with Gasteiger partial charge < -0.3 is 5.32 Å². The van der Waals surface area contributed by atoms with Crippen LogP contribution in [0, 0.1) is 17.8 Å². The molecular formula is C15H19NO. The van der Waals surface area contributed by atoms with Crippen molar-refractivity contribution in [3.05, 3.63) is 35.9 Å². The fourth-order valence-electron chi connectivity index (χ4n) is 3.48. The monoisotopic (exact) mass is 229 g/mol. The van der Waals surface area contributed by atoms with Crippen molar-refractivity contribution in [2.45, 2.75) is 32.2 Å². The number of hydrogen-bond acceptors (Lipinski definition) is 1. The Morgan fingerprint density at radius 2 is 2.00 bits per heavy atom. The van der Waals surface area contributed by atoms with Crippen molar-refractivity contribution in [3.8, 4) is 0 Å². The molecule has 2 bridgehead atoms. The molecule has 2 nitrogen and oxygen atoms in total. The van der Waals surface area contributed by atoms with Gasteiger partial charge in [0.05, 0.1) is 0 Å².